The maximum absolute atomic E-state index is 12.4. The molecule has 0 amide bonds. The Balaban J connectivity index is 2.19. The number of aryl methyl sites for hydroxylation is 3. The van der Waals surface area contributed by atoms with Crippen LogP contribution in [-0.4, -0.2) is 22.1 Å². The molecule has 0 saturated carbocycles. The molecule has 0 N–H and O–H groups in total. The van der Waals surface area contributed by atoms with Crippen molar-refractivity contribution < 1.29 is 9.53 Å². The Morgan fingerprint density at radius 3 is 2.90 bits per heavy atom. The van der Waals surface area contributed by atoms with Gasteiger partial charge in [-0.3, -0.25) is 14.2 Å². The Labute approximate surface area is 121 Å². The number of nitrogens with zero attached hydrogens (tertiary/aromatic N) is 2. The number of carbonyl (C=O) groups is 1. The van der Waals surface area contributed by atoms with E-state index in [1.165, 1.54) is 22.2 Å². The van der Waals surface area contributed by atoms with Gasteiger partial charge >= 0.3 is 5.97 Å². The molecular formula is C14H18N2O3S. The summed E-state index contributed by atoms with van der Waals surface area (Å²) in [5, 5.41) is 0.664. The van der Waals surface area contributed by atoms with Gasteiger partial charge in [-0.25, -0.2) is 4.98 Å². The summed E-state index contributed by atoms with van der Waals surface area (Å²) in [5.74, 6) is -0.280. The fourth-order valence-corrected chi connectivity index (χ4v) is 2.92. The summed E-state index contributed by atoms with van der Waals surface area (Å²) in [7, 11) is 0. The number of esters is 1. The minimum Gasteiger partial charge on any atom is -0.466 e. The molecule has 2 aromatic heterocycles. The van der Waals surface area contributed by atoms with Gasteiger partial charge in [-0.1, -0.05) is 6.92 Å². The molecule has 0 aliphatic heterocycles. The standard InChI is InChI=1S/C14H18N2O3S/c1-4-7-19-11(17)5-6-16-8-15-13-12(14(16)18)9(2)10(3)20-13/h8H,4-7H2,1-3H3. The van der Waals surface area contributed by atoms with Gasteiger partial charge in [0.2, 0.25) is 0 Å². The second-order valence-corrected chi connectivity index (χ2v) is 5.88. The van der Waals surface area contributed by atoms with Crippen molar-refractivity contribution in [2.24, 2.45) is 0 Å². The number of hydrogen-bond donors (Lipinski definition) is 0. The van der Waals surface area contributed by atoms with Crippen LogP contribution in [-0.2, 0) is 16.1 Å². The lowest BCUT2D eigenvalue weighted by molar-refractivity contribution is -0.143. The third kappa shape index (κ3) is 2.90. The highest BCUT2D eigenvalue weighted by Gasteiger charge is 2.12. The molecule has 0 saturated heterocycles. The Morgan fingerprint density at radius 2 is 2.20 bits per heavy atom. The molecule has 5 nitrogen and oxygen atoms in total. The van der Waals surface area contributed by atoms with E-state index in [9.17, 15) is 9.59 Å². The van der Waals surface area contributed by atoms with Crippen LogP contribution < -0.4 is 5.56 Å². The van der Waals surface area contributed by atoms with E-state index >= 15 is 0 Å². The van der Waals surface area contributed by atoms with E-state index in [1.54, 1.807) is 0 Å². The van der Waals surface area contributed by atoms with Crippen LogP contribution in [0, 0.1) is 13.8 Å². The van der Waals surface area contributed by atoms with E-state index in [0.29, 0.717) is 18.5 Å². The molecule has 0 radical (unpaired) electrons. The lowest BCUT2D eigenvalue weighted by Gasteiger charge is -2.05. The Kier molecular flexibility index (Phi) is 4.54. The van der Waals surface area contributed by atoms with Crippen LogP contribution in [0.5, 0.6) is 0 Å². The molecule has 0 aliphatic rings. The van der Waals surface area contributed by atoms with Crippen molar-refractivity contribution in [1.82, 2.24) is 9.55 Å². The van der Waals surface area contributed by atoms with Gasteiger partial charge in [-0.15, -0.1) is 11.3 Å². The number of aromatic nitrogens is 2. The predicted octanol–water partition coefficient (Wildman–Crippen LogP) is 2.42. The Hall–Kier alpha value is -1.69. The summed E-state index contributed by atoms with van der Waals surface area (Å²) in [6.45, 7) is 6.58. The van der Waals surface area contributed by atoms with Crippen molar-refractivity contribution in [3.8, 4) is 0 Å². The maximum atomic E-state index is 12.4. The van der Waals surface area contributed by atoms with Crippen molar-refractivity contribution in [3.05, 3.63) is 27.1 Å². The molecule has 2 heterocycles. The van der Waals surface area contributed by atoms with Crippen molar-refractivity contribution in [3.63, 3.8) is 0 Å². The van der Waals surface area contributed by atoms with Crippen molar-refractivity contribution in [2.45, 2.75) is 40.2 Å². The molecular weight excluding hydrogens is 276 g/mol. The number of ether oxygens (including phenoxy) is 1. The Bertz CT molecular complexity index is 688. The van der Waals surface area contributed by atoms with Gasteiger partial charge in [0.1, 0.15) is 4.83 Å². The van der Waals surface area contributed by atoms with E-state index in [-0.39, 0.29) is 17.9 Å². The van der Waals surface area contributed by atoms with E-state index < -0.39 is 0 Å². The molecule has 0 fully saturated rings. The topological polar surface area (TPSA) is 61.2 Å². The van der Waals surface area contributed by atoms with Crippen molar-refractivity contribution in [2.75, 3.05) is 6.61 Å². The number of hydrogen-bond acceptors (Lipinski definition) is 5. The highest BCUT2D eigenvalue weighted by molar-refractivity contribution is 7.18. The second-order valence-electron chi connectivity index (χ2n) is 4.68. The fourth-order valence-electron chi connectivity index (χ4n) is 1.93. The lowest BCUT2D eigenvalue weighted by Crippen LogP contribution is -2.22. The predicted molar refractivity (Wildman–Crippen MR) is 79.2 cm³/mol. The summed E-state index contributed by atoms with van der Waals surface area (Å²) in [4.78, 5) is 30.0. The molecule has 2 aromatic rings. The summed E-state index contributed by atoms with van der Waals surface area (Å²) in [6.07, 6.45) is 2.50. The average molecular weight is 294 g/mol. The summed E-state index contributed by atoms with van der Waals surface area (Å²) >= 11 is 1.52. The Morgan fingerprint density at radius 1 is 1.45 bits per heavy atom. The van der Waals surface area contributed by atoms with Crippen LogP contribution >= 0.6 is 11.3 Å². The van der Waals surface area contributed by atoms with E-state index in [2.05, 4.69) is 4.98 Å². The number of rotatable bonds is 5. The molecule has 0 spiro atoms. The van der Waals surface area contributed by atoms with Crippen molar-refractivity contribution in [1.29, 1.82) is 0 Å². The summed E-state index contributed by atoms with van der Waals surface area (Å²) < 4.78 is 6.48. The first kappa shape index (κ1) is 14.7. The zero-order chi connectivity index (χ0) is 14.7. The minimum absolute atomic E-state index is 0.0832. The van der Waals surface area contributed by atoms with E-state index in [0.717, 1.165) is 21.7 Å². The number of carbonyl (C=O) groups excluding carboxylic acids is 1. The largest absolute Gasteiger partial charge is 0.466 e. The molecule has 108 valence electrons. The first-order valence-electron chi connectivity index (χ1n) is 6.65. The fraction of sp³-hybridized carbons (Fsp3) is 0.500. The quantitative estimate of drug-likeness (QED) is 0.795. The monoisotopic (exact) mass is 294 g/mol. The van der Waals surface area contributed by atoms with Gasteiger partial charge in [-0.2, -0.15) is 0 Å². The van der Waals surface area contributed by atoms with E-state index in [4.69, 9.17) is 4.74 Å². The van der Waals surface area contributed by atoms with Gasteiger partial charge in [0.15, 0.2) is 0 Å². The van der Waals surface area contributed by atoms with Gasteiger partial charge in [-0.05, 0) is 25.8 Å². The lowest BCUT2D eigenvalue weighted by atomic mass is 10.2. The molecule has 0 bridgehead atoms. The van der Waals surface area contributed by atoms with Crippen LogP contribution in [0.1, 0.15) is 30.2 Å². The van der Waals surface area contributed by atoms with Crippen LogP contribution in [0.3, 0.4) is 0 Å². The number of thiophene rings is 1. The zero-order valence-electron chi connectivity index (χ0n) is 11.9. The molecule has 6 heteroatoms. The third-order valence-electron chi connectivity index (χ3n) is 3.18. The van der Waals surface area contributed by atoms with Gasteiger partial charge in [0.05, 0.1) is 24.7 Å². The van der Waals surface area contributed by atoms with E-state index in [1.807, 2.05) is 20.8 Å². The molecule has 2 rings (SSSR count). The summed E-state index contributed by atoms with van der Waals surface area (Å²) in [5.41, 5.74) is 0.894. The van der Waals surface area contributed by atoms with Gasteiger partial charge in [0, 0.05) is 11.4 Å². The molecule has 20 heavy (non-hydrogen) atoms. The first-order chi connectivity index (χ1) is 9.54. The minimum atomic E-state index is -0.280. The first-order valence-corrected chi connectivity index (χ1v) is 7.47. The average Bonchev–Trinajstić information content (AvgIpc) is 2.72. The van der Waals surface area contributed by atoms with Gasteiger partial charge < -0.3 is 4.74 Å². The summed E-state index contributed by atoms with van der Waals surface area (Å²) in [6, 6.07) is 0. The van der Waals surface area contributed by atoms with Gasteiger partial charge in [0.25, 0.3) is 5.56 Å². The highest BCUT2D eigenvalue weighted by atomic mass is 32.1. The molecule has 0 aliphatic carbocycles. The smallest absolute Gasteiger partial charge is 0.307 e. The molecule has 0 unspecified atom stereocenters. The molecule has 0 aromatic carbocycles. The normalized spacial score (nSPS) is 10.9. The maximum Gasteiger partial charge on any atom is 0.307 e. The second kappa shape index (κ2) is 6.17. The highest BCUT2D eigenvalue weighted by Crippen LogP contribution is 2.25. The SMILES string of the molecule is CCCOC(=O)CCn1cnc2sc(C)c(C)c2c1=O. The van der Waals surface area contributed by atoms with Crippen LogP contribution in [0.25, 0.3) is 10.2 Å². The molecule has 0 atom stereocenters. The van der Waals surface area contributed by atoms with Crippen LogP contribution in [0.2, 0.25) is 0 Å². The van der Waals surface area contributed by atoms with Crippen molar-refractivity contribution >= 4 is 27.5 Å². The zero-order valence-corrected chi connectivity index (χ0v) is 12.7. The van der Waals surface area contributed by atoms with Crippen LogP contribution in [0.4, 0.5) is 0 Å². The third-order valence-corrected chi connectivity index (χ3v) is 4.30. The van der Waals surface area contributed by atoms with Crippen LogP contribution in [0.15, 0.2) is 11.1 Å². The number of fused-ring (bicyclic) bond motifs is 1.